The Morgan fingerprint density at radius 2 is 1.96 bits per heavy atom. The maximum atomic E-state index is 12.5. The molecule has 2 atom stereocenters. The molecule has 1 N–H and O–H groups in total. The lowest BCUT2D eigenvalue weighted by atomic mass is 10.1. The highest BCUT2D eigenvalue weighted by atomic mass is 16.2. The third-order valence-electron chi connectivity index (χ3n) is 4.45. The van der Waals surface area contributed by atoms with Gasteiger partial charge in [-0.3, -0.25) is 4.79 Å². The minimum atomic E-state index is 0.0215. The molecule has 1 aromatic carbocycles. The molecule has 0 saturated heterocycles. The normalized spacial score (nSPS) is 21.6. The van der Waals surface area contributed by atoms with Crippen LogP contribution in [-0.4, -0.2) is 26.1 Å². The first-order chi connectivity index (χ1) is 10.9. The number of rotatable bonds is 4. The minimum Gasteiger partial charge on any atom is -0.326 e. The van der Waals surface area contributed by atoms with E-state index < -0.39 is 0 Å². The van der Waals surface area contributed by atoms with Gasteiger partial charge >= 0.3 is 0 Å². The van der Waals surface area contributed by atoms with Gasteiger partial charge < -0.3 is 5.32 Å². The number of amides is 1. The van der Waals surface area contributed by atoms with Crippen LogP contribution in [0.3, 0.4) is 0 Å². The van der Waals surface area contributed by atoms with Crippen molar-refractivity contribution < 1.29 is 4.79 Å². The van der Waals surface area contributed by atoms with Crippen LogP contribution in [0, 0.1) is 17.3 Å². The minimum absolute atomic E-state index is 0.0215. The zero-order valence-electron chi connectivity index (χ0n) is 13.8. The Balaban J connectivity index is 1.68. The second-order valence-electron chi connectivity index (χ2n) is 6.86. The molecule has 1 aromatic heterocycles. The summed E-state index contributed by atoms with van der Waals surface area (Å²) in [5.41, 5.74) is 2.91. The van der Waals surface area contributed by atoms with Crippen molar-refractivity contribution in [1.29, 1.82) is 0 Å². The molecule has 2 aromatic rings. The Kier molecular flexibility index (Phi) is 3.75. The zero-order chi connectivity index (χ0) is 16.6. The molecule has 120 valence electrons. The summed E-state index contributed by atoms with van der Waals surface area (Å²) in [4.78, 5) is 12.5. The molecule has 1 aliphatic rings. The van der Waals surface area contributed by atoms with Crippen molar-refractivity contribution in [1.82, 2.24) is 20.2 Å². The Morgan fingerprint density at radius 3 is 2.52 bits per heavy atom. The molecule has 1 fully saturated rings. The van der Waals surface area contributed by atoms with Crippen LogP contribution in [0.4, 0.5) is 5.69 Å². The van der Waals surface area contributed by atoms with Crippen molar-refractivity contribution in [2.45, 2.75) is 27.7 Å². The Bertz CT molecular complexity index is 727. The summed E-state index contributed by atoms with van der Waals surface area (Å²) in [6.07, 6.45) is 3.73. The average molecular weight is 311 g/mol. The summed E-state index contributed by atoms with van der Waals surface area (Å²) >= 11 is 0. The lowest BCUT2D eigenvalue weighted by molar-refractivity contribution is -0.118. The van der Waals surface area contributed by atoms with Gasteiger partial charge in [0, 0.05) is 5.69 Å². The van der Waals surface area contributed by atoms with E-state index in [1.165, 1.54) is 11.9 Å². The van der Waals surface area contributed by atoms with Gasteiger partial charge in [-0.1, -0.05) is 25.5 Å². The Morgan fingerprint density at radius 1 is 1.26 bits per heavy atom. The molecular weight excluding hydrogens is 290 g/mol. The molecule has 1 heterocycles. The fourth-order valence-corrected chi connectivity index (χ4v) is 3.05. The number of carbonyl (C=O) groups is 1. The van der Waals surface area contributed by atoms with Gasteiger partial charge in [0.25, 0.3) is 0 Å². The van der Waals surface area contributed by atoms with E-state index in [1.54, 1.807) is 4.68 Å². The number of hydrogen-bond acceptors (Lipinski definition) is 4. The van der Waals surface area contributed by atoms with Crippen molar-refractivity contribution in [3.8, 4) is 5.69 Å². The highest BCUT2D eigenvalue weighted by molar-refractivity contribution is 5.95. The number of nitrogens with zero attached hydrogens (tertiary/aromatic N) is 4. The lowest BCUT2D eigenvalue weighted by Crippen LogP contribution is -2.16. The van der Waals surface area contributed by atoms with Gasteiger partial charge in [0.2, 0.25) is 5.91 Å². The van der Waals surface area contributed by atoms with Crippen molar-refractivity contribution >= 4 is 11.6 Å². The highest BCUT2D eigenvalue weighted by Gasteiger charge is 2.60. The number of hydrogen-bond donors (Lipinski definition) is 1. The fourth-order valence-electron chi connectivity index (χ4n) is 3.05. The van der Waals surface area contributed by atoms with Crippen molar-refractivity contribution in [3.63, 3.8) is 0 Å². The molecule has 23 heavy (non-hydrogen) atoms. The molecule has 6 heteroatoms. The van der Waals surface area contributed by atoms with Gasteiger partial charge in [-0.25, -0.2) is 4.68 Å². The van der Waals surface area contributed by atoms with Gasteiger partial charge in [0.05, 0.1) is 11.6 Å². The Hall–Kier alpha value is -2.50. The standard InChI is InChI=1S/C17H21N5O/c1-11(2)9-14-15(17(14,3)4)16(23)19-12-5-7-13(8-6-12)22-10-18-20-21-22/h5-10,14-15H,1-4H3,(H,19,23)/t14-,15-/m0/s1. The predicted molar refractivity (Wildman–Crippen MR) is 88.0 cm³/mol. The number of tetrazole rings is 1. The van der Waals surface area contributed by atoms with E-state index >= 15 is 0 Å². The van der Waals surface area contributed by atoms with Crippen LogP contribution in [0.5, 0.6) is 0 Å². The lowest BCUT2D eigenvalue weighted by Gasteiger charge is -2.07. The van der Waals surface area contributed by atoms with E-state index in [-0.39, 0.29) is 17.2 Å². The van der Waals surface area contributed by atoms with E-state index in [9.17, 15) is 4.79 Å². The molecule has 3 rings (SSSR count). The number of benzene rings is 1. The smallest absolute Gasteiger partial charge is 0.228 e. The zero-order valence-corrected chi connectivity index (χ0v) is 13.8. The maximum Gasteiger partial charge on any atom is 0.228 e. The molecule has 6 nitrogen and oxygen atoms in total. The van der Waals surface area contributed by atoms with E-state index in [4.69, 9.17) is 0 Å². The van der Waals surface area contributed by atoms with Gasteiger partial charge in [-0.15, -0.1) is 5.10 Å². The van der Waals surface area contributed by atoms with Crippen LogP contribution in [0.2, 0.25) is 0 Å². The quantitative estimate of drug-likeness (QED) is 0.881. The van der Waals surface area contributed by atoms with Gasteiger partial charge in [0.15, 0.2) is 0 Å². The topological polar surface area (TPSA) is 72.7 Å². The van der Waals surface area contributed by atoms with Crippen LogP contribution in [0.15, 0.2) is 42.2 Å². The molecule has 0 spiro atoms. The summed E-state index contributed by atoms with van der Waals surface area (Å²) in [7, 11) is 0. The van der Waals surface area contributed by atoms with Crippen molar-refractivity contribution in [3.05, 3.63) is 42.2 Å². The fraction of sp³-hybridized carbons (Fsp3) is 0.412. The SMILES string of the molecule is CC(C)=C[C@H]1[C@@H](C(=O)Nc2ccc(-n3cnnn3)cc2)C1(C)C. The average Bonchev–Trinajstić information content (AvgIpc) is 2.88. The first-order valence-electron chi connectivity index (χ1n) is 7.69. The highest BCUT2D eigenvalue weighted by Crippen LogP contribution is 2.59. The summed E-state index contributed by atoms with van der Waals surface area (Å²) < 4.78 is 1.57. The molecule has 1 aliphatic carbocycles. The van der Waals surface area contributed by atoms with E-state index in [1.807, 2.05) is 24.3 Å². The summed E-state index contributed by atoms with van der Waals surface area (Å²) in [5, 5.41) is 14.1. The van der Waals surface area contributed by atoms with Crippen molar-refractivity contribution in [2.75, 3.05) is 5.32 Å². The van der Waals surface area contributed by atoms with Gasteiger partial charge in [-0.05, 0) is 59.9 Å². The number of anilines is 1. The molecule has 0 aliphatic heterocycles. The molecule has 0 radical (unpaired) electrons. The number of allylic oxidation sites excluding steroid dienone is 2. The van der Waals surface area contributed by atoms with Crippen molar-refractivity contribution in [2.24, 2.45) is 17.3 Å². The summed E-state index contributed by atoms with van der Waals surface area (Å²) in [6, 6.07) is 7.47. The van der Waals surface area contributed by atoms with E-state index in [0.717, 1.165) is 11.4 Å². The molecule has 0 unspecified atom stereocenters. The molecule has 0 bridgehead atoms. The molecule has 1 saturated carbocycles. The Labute approximate surface area is 135 Å². The number of nitrogens with one attached hydrogen (secondary N) is 1. The molecule has 1 amide bonds. The van der Waals surface area contributed by atoms with E-state index in [0.29, 0.717) is 5.92 Å². The van der Waals surface area contributed by atoms with Crippen LogP contribution in [-0.2, 0) is 4.79 Å². The number of aromatic nitrogens is 4. The van der Waals surface area contributed by atoms with Gasteiger partial charge in [-0.2, -0.15) is 0 Å². The first-order valence-corrected chi connectivity index (χ1v) is 7.69. The van der Waals surface area contributed by atoms with Crippen LogP contribution < -0.4 is 5.32 Å². The third kappa shape index (κ3) is 3.02. The van der Waals surface area contributed by atoms with Gasteiger partial charge in [0.1, 0.15) is 6.33 Å². The van der Waals surface area contributed by atoms with Crippen LogP contribution in [0.1, 0.15) is 27.7 Å². The second kappa shape index (κ2) is 5.61. The van der Waals surface area contributed by atoms with E-state index in [2.05, 4.69) is 54.6 Å². The third-order valence-corrected chi connectivity index (χ3v) is 4.45. The number of carbonyl (C=O) groups excluding carboxylic acids is 1. The predicted octanol–water partition coefficient (Wildman–Crippen LogP) is 2.84. The first kappa shape index (κ1) is 15.4. The summed E-state index contributed by atoms with van der Waals surface area (Å²) in [5.74, 6) is 0.414. The summed E-state index contributed by atoms with van der Waals surface area (Å²) in [6.45, 7) is 8.42. The molecular formula is C17H21N5O. The van der Waals surface area contributed by atoms with Crippen LogP contribution >= 0.6 is 0 Å². The second-order valence-corrected chi connectivity index (χ2v) is 6.86. The maximum absolute atomic E-state index is 12.5. The van der Waals surface area contributed by atoms with Crippen LogP contribution in [0.25, 0.3) is 5.69 Å². The largest absolute Gasteiger partial charge is 0.326 e. The monoisotopic (exact) mass is 311 g/mol.